The number of nitriles is 1. The number of alkyl halides is 3. The lowest BCUT2D eigenvalue weighted by Gasteiger charge is -2.10. The van der Waals surface area contributed by atoms with E-state index >= 15 is 0 Å². The molecule has 0 fully saturated rings. The minimum Gasteiger partial charge on any atom is -0.462 e. The molecule has 33 heavy (non-hydrogen) atoms. The van der Waals surface area contributed by atoms with Crippen molar-refractivity contribution in [3.8, 4) is 6.07 Å². The van der Waals surface area contributed by atoms with Crippen LogP contribution in [0.4, 0.5) is 18.2 Å². The van der Waals surface area contributed by atoms with E-state index in [2.05, 4.69) is 0 Å². The van der Waals surface area contributed by atoms with Crippen LogP contribution in [-0.4, -0.2) is 33.5 Å². The molecule has 2 rings (SSSR count). The minimum atomic E-state index is -4.72. The van der Waals surface area contributed by atoms with Crippen molar-refractivity contribution in [2.24, 2.45) is 0 Å². The number of carbonyl (C=O) groups excluding carboxylic acids is 2. The lowest BCUT2D eigenvalue weighted by molar-refractivity contribution is -0.144. The van der Waals surface area contributed by atoms with Crippen molar-refractivity contribution in [3.05, 3.63) is 45.8 Å². The highest BCUT2D eigenvalue weighted by molar-refractivity contribution is 7.89. The summed E-state index contributed by atoms with van der Waals surface area (Å²) >= 11 is 0.805. The molecule has 9 nitrogen and oxygen atoms in total. The zero-order valence-electron chi connectivity index (χ0n) is 17.1. The Labute approximate surface area is 191 Å². The molecule has 0 aliphatic rings. The molecular weight excluding hydrogens is 487 g/mol. The monoisotopic (exact) mass is 505 g/mol. The molecule has 1 aromatic carbocycles. The zero-order chi connectivity index (χ0) is 24.8. The van der Waals surface area contributed by atoms with Gasteiger partial charge in [-0.15, -0.1) is 11.3 Å². The van der Waals surface area contributed by atoms with Crippen LogP contribution in [0, 0.1) is 11.3 Å². The second-order valence-corrected chi connectivity index (χ2v) is 9.13. The molecular formula is C19H18F3N3O6S2. The number of nitrogens with two attached hydrogens (primary N) is 1. The van der Waals surface area contributed by atoms with Gasteiger partial charge in [0, 0.05) is 12.1 Å². The van der Waals surface area contributed by atoms with Crippen molar-refractivity contribution in [1.82, 2.24) is 4.72 Å². The average Bonchev–Trinajstić information content (AvgIpc) is 3.07. The fraction of sp³-hybridized carbons (Fsp3) is 0.316. The van der Waals surface area contributed by atoms with Crippen molar-refractivity contribution < 1.29 is 40.7 Å². The first-order valence-electron chi connectivity index (χ1n) is 9.21. The van der Waals surface area contributed by atoms with Gasteiger partial charge in [0.15, 0.2) is 0 Å². The first-order valence-corrected chi connectivity index (χ1v) is 11.5. The number of thiophene rings is 1. The Kier molecular flexibility index (Phi) is 8.42. The molecule has 0 amide bonds. The number of nitrogen functional groups attached to an aromatic ring is 1. The van der Waals surface area contributed by atoms with E-state index < -0.39 is 58.2 Å². The molecule has 0 bridgehead atoms. The van der Waals surface area contributed by atoms with E-state index in [-0.39, 0.29) is 27.6 Å². The van der Waals surface area contributed by atoms with Crippen LogP contribution in [-0.2, 0) is 37.1 Å². The molecule has 0 saturated carbocycles. The number of halogens is 3. The number of hydrogen-bond acceptors (Lipinski definition) is 9. The Morgan fingerprint density at radius 3 is 2.58 bits per heavy atom. The molecule has 178 valence electrons. The maximum atomic E-state index is 12.8. The number of nitrogens with zero attached hydrogens (tertiary/aromatic N) is 1. The van der Waals surface area contributed by atoms with E-state index in [4.69, 9.17) is 15.2 Å². The standard InChI is InChI=1S/C19H18F3N3O6S2/c1-2-30-18(27)16-14(13(9-23)17(24)32-16)10-31-15(26)6-7-25-33(28,29)12-5-3-4-11(8-12)19(20,21)22/h3-5,8,25H,2,6-7,10,24H2,1H3. The highest BCUT2D eigenvalue weighted by atomic mass is 32.2. The normalized spacial score (nSPS) is 11.6. The van der Waals surface area contributed by atoms with Crippen LogP contribution in [0.3, 0.4) is 0 Å². The summed E-state index contributed by atoms with van der Waals surface area (Å²) in [5.74, 6) is -1.62. The second-order valence-electron chi connectivity index (χ2n) is 6.32. The van der Waals surface area contributed by atoms with Gasteiger partial charge in [-0.2, -0.15) is 18.4 Å². The Morgan fingerprint density at radius 1 is 1.27 bits per heavy atom. The summed E-state index contributed by atoms with van der Waals surface area (Å²) in [6, 6.07) is 4.95. The number of carbonyl (C=O) groups is 2. The third-order valence-corrected chi connectivity index (χ3v) is 6.58. The lowest BCUT2D eigenvalue weighted by Crippen LogP contribution is -2.27. The maximum absolute atomic E-state index is 12.8. The Morgan fingerprint density at radius 2 is 1.97 bits per heavy atom. The van der Waals surface area contributed by atoms with Crippen LogP contribution >= 0.6 is 11.3 Å². The predicted molar refractivity (Wildman–Crippen MR) is 110 cm³/mol. The van der Waals surface area contributed by atoms with Crippen molar-refractivity contribution in [2.45, 2.75) is 31.0 Å². The fourth-order valence-electron chi connectivity index (χ4n) is 2.54. The Hall–Kier alpha value is -3.15. The summed E-state index contributed by atoms with van der Waals surface area (Å²) < 4.78 is 74.7. The number of hydrogen-bond donors (Lipinski definition) is 2. The van der Waals surface area contributed by atoms with Crippen molar-refractivity contribution in [3.63, 3.8) is 0 Å². The number of sulfonamides is 1. The van der Waals surface area contributed by atoms with Gasteiger partial charge in [0.1, 0.15) is 22.6 Å². The molecule has 0 aliphatic heterocycles. The van der Waals surface area contributed by atoms with Gasteiger partial charge in [0.25, 0.3) is 0 Å². The van der Waals surface area contributed by atoms with Gasteiger partial charge in [-0.05, 0) is 25.1 Å². The number of rotatable bonds is 9. The van der Waals surface area contributed by atoms with Gasteiger partial charge in [0.2, 0.25) is 10.0 Å². The summed E-state index contributed by atoms with van der Waals surface area (Å²) in [5.41, 5.74) is 4.61. The van der Waals surface area contributed by atoms with Crippen LogP contribution in [0.5, 0.6) is 0 Å². The molecule has 1 aromatic heterocycles. The molecule has 0 saturated heterocycles. The highest BCUT2D eigenvalue weighted by Gasteiger charge is 2.31. The minimum absolute atomic E-state index is 0.00366. The third-order valence-electron chi connectivity index (χ3n) is 4.08. The van der Waals surface area contributed by atoms with Crippen molar-refractivity contribution in [2.75, 3.05) is 18.9 Å². The van der Waals surface area contributed by atoms with E-state index in [9.17, 15) is 36.4 Å². The van der Waals surface area contributed by atoms with E-state index in [0.717, 1.165) is 29.5 Å². The van der Waals surface area contributed by atoms with Crippen LogP contribution in [0.25, 0.3) is 0 Å². The lowest BCUT2D eigenvalue weighted by atomic mass is 10.1. The number of benzene rings is 1. The van der Waals surface area contributed by atoms with Gasteiger partial charge in [-0.1, -0.05) is 6.07 Å². The quantitative estimate of drug-likeness (QED) is 0.494. The smallest absolute Gasteiger partial charge is 0.416 e. The van der Waals surface area contributed by atoms with E-state index in [1.807, 2.05) is 10.8 Å². The van der Waals surface area contributed by atoms with Gasteiger partial charge in [-0.3, -0.25) is 4.79 Å². The number of esters is 2. The van der Waals surface area contributed by atoms with Crippen molar-refractivity contribution >= 4 is 38.3 Å². The van der Waals surface area contributed by atoms with Crippen LogP contribution in [0.1, 0.15) is 39.7 Å². The molecule has 2 aromatic rings. The molecule has 1 heterocycles. The molecule has 3 N–H and O–H groups in total. The van der Waals surface area contributed by atoms with Crippen LogP contribution < -0.4 is 10.5 Å². The topological polar surface area (TPSA) is 149 Å². The van der Waals surface area contributed by atoms with Crippen LogP contribution in [0.15, 0.2) is 29.2 Å². The SMILES string of the molecule is CCOC(=O)c1sc(N)c(C#N)c1COC(=O)CCNS(=O)(=O)c1cccc(C(F)(F)F)c1. The summed E-state index contributed by atoms with van der Waals surface area (Å²) in [5, 5.41) is 9.28. The number of nitrogens with one attached hydrogen (secondary N) is 1. The molecule has 0 spiro atoms. The van der Waals surface area contributed by atoms with Gasteiger partial charge >= 0.3 is 18.1 Å². The van der Waals surface area contributed by atoms with E-state index in [1.54, 1.807) is 6.92 Å². The maximum Gasteiger partial charge on any atom is 0.416 e. The van der Waals surface area contributed by atoms with Gasteiger partial charge in [-0.25, -0.2) is 17.9 Å². The first kappa shape index (κ1) is 26.1. The molecule has 14 heteroatoms. The largest absolute Gasteiger partial charge is 0.462 e. The van der Waals surface area contributed by atoms with Crippen molar-refractivity contribution in [1.29, 1.82) is 5.26 Å². The van der Waals surface area contributed by atoms with Gasteiger partial charge in [0.05, 0.1) is 29.1 Å². The molecule has 0 radical (unpaired) electrons. The van der Waals surface area contributed by atoms with E-state index in [1.165, 1.54) is 0 Å². The Balaban J connectivity index is 2.00. The average molecular weight is 505 g/mol. The molecule has 0 atom stereocenters. The summed E-state index contributed by atoms with van der Waals surface area (Å²) in [4.78, 5) is 23.4. The highest BCUT2D eigenvalue weighted by Crippen LogP contribution is 2.32. The summed E-state index contributed by atoms with van der Waals surface area (Å²) in [6.07, 6.45) is -5.18. The summed E-state index contributed by atoms with van der Waals surface area (Å²) in [7, 11) is -4.31. The molecule has 0 unspecified atom stereocenters. The third kappa shape index (κ3) is 6.67. The first-order chi connectivity index (χ1) is 15.4. The number of ether oxygens (including phenoxy) is 2. The predicted octanol–water partition coefficient (Wildman–Crippen LogP) is 2.81. The number of anilines is 1. The second kappa shape index (κ2) is 10.6. The van der Waals surface area contributed by atoms with Crippen LogP contribution in [0.2, 0.25) is 0 Å². The zero-order valence-corrected chi connectivity index (χ0v) is 18.7. The fourth-order valence-corrected chi connectivity index (χ4v) is 4.54. The molecule has 0 aliphatic carbocycles. The van der Waals surface area contributed by atoms with E-state index in [0.29, 0.717) is 6.07 Å². The Bertz CT molecular complexity index is 1190. The van der Waals surface area contributed by atoms with Gasteiger partial charge < -0.3 is 15.2 Å². The summed E-state index contributed by atoms with van der Waals surface area (Å²) in [6.45, 7) is 0.715.